The molecule has 4 nitrogen and oxygen atoms in total. The van der Waals surface area contributed by atoms with E-state index < -0.39 is 0 Å². The number of hydrogen-bond acceptors (Lipinski definition) is 3. The number of H-pyrrole nitrogens is 1. The van der Waals surface area contributed by atoms with Crippen LogP contribution in [0.5, 0.6) is 0 Å². The highest BCUT2D eigenvalue weighted by molar-refractivity contribution is 7.12. The van der Waals surface area contributed by atoms with Crippen molar-refractivity contribution in [1.82, 2.24) is 15.5 Å². The Kier molecular flexibility index (Phi) is 3.58. The molecular formula is C12H15N3OS. The smallest absolute Gasteiger partial charge is 0.261 e. The van der Waals surface area contributed by atoms with Crippen LogP contribution < -0.4 is 5.32 Å². The van der Waals surface area contributed by atoms with E-state index in [1.165, 1.54) is 16.9 Å². The molecule has 17 heavy (non-hydrogen) atoms. The first-order valence-corrected chi connectivity index (χ1v) is 6.38. The molecule has 90 valence electrons. The molecule has 0 aliphatic carbocycles. The van der Waals surface area contributed by atoms with Crippen LogP contribution in [0.2, 0.25) is 0 Å². The highest BCUT2D eigenvalue weighted by atomic mass is 32.1. The zero-order valence-electron chi connectivity index (χ0n) is 9.91. The van der Waals surface area contributed by atoms with Crippen LogP contribution >= 0.6 is 11.3 Å². The van der Waals surface area contributed by atoms with Gasteiger partial charge in [0.1, 0.15) is 0 Å². The Morgan fingerprint density at radius 3 is 2.94 bits per heavy atom. The number of amides is 1. The largest absolute Gasteiger partial charge is 0.351 e. The van der Waals surface area contributed by atoms with Gasteiger partial charge in [-0.3, -0.25) is 9.89 Å². The quantitative estimate of drug-likeness (QED) is 0.871. The average molecular weight is 249 g/mol. The van der Waals surface area contributed by atoms with Crippen molar-refractivity contribution in [2.45, 2.75) is 20.3 Å². The minimum Gasteiger partial charge on any atom is -0.351 e. The second kappa shape index (κ2) is 5.14. The van der Waals surface area contributed by atoms with Gasteiger partial charge >= 0.3 is 0 Å². The first-order valence-electron chi connectivity index (χ1n) is 5.50. The summed E-state index contributed by atoms with van der Waals surface area (Å²) in [5, 5.41) is 11.9. The third-order valence-corrected chi connectivity index (χ3v) is 3.55. The first kappa shape index (κ1) is 11.9. The average Bonchev–Trinajstić information content (AvgIpc) is 2.93. The van der Waals surface area contributed by atoms with E-state index in [1.54, 1.807) is 0 Å². The van der Waals surface area contributed by atoms with Crippen molar-refractivity contribution >= 4 is 17.2 Å². The van der Waals surface area contributed by atoms with Gasteiger partial charge in [0.25, 0.3) is 5.91 Å². The van der Waals surface area contributed by atoms with Crippen LogP contribution in [0, 0.1) is 13.8 Å². The van der Waals surface area contributed by atoms with E-state index in [0.29, 0.717) is 6.54 Å². The number of carbonyl (C=O) groups excluding carboxylic acids is 1. The summed E-state index contributed by atoms with van der Waals surface area (Å²) in [6, 6.07) is 3.71. The maximum atomic E-state index is 11.7. The summed E-state index contributed by atoms with van der Waals surface area (Å²) < 4.78 is 0. The van der Waals surface area contributed by atoms with Gasteiger partial charge in [-0.25, -0.2) is 0 Å². The third kappa shape index (κ3) is 2.74. The van der Waals surface area contributed by atoms with Crippen LogP contribution in [0.1, 0.15) is 26.6 Å². The minimum absolute atomic E-state index is 0.00111. The Hall–Kier alpha value is -1.62. The highest BCUT2D eigenvalue weighted by Crippen LogP contribution is 2.10. The molecule has 0 saturated carbocycles. The molecule has 0 radical (unpaired) electrons. The van der Waals surface area contributed by atoms with E-state index in [2.05, 4.69) is 15.5 Å². The maximum absolute atomic E-state index is 11.7. The topological polar surface area (TPSA) is 57.8 Å². The van der Waals surface area contributed by atoms with Crippen molar-refractivity contribution in [3.63, 3.8) is 0 Å². The van der Waals surface area contributed by atoms with Gasteiger partial charge in [0.05, 0.1) is 10.6 Å². The van der Waals surface area contributed by atoms with Gasteiger partial charge in [-0.1, -0.05) is 6.07 Å². The van der Waals surface area contributed by atoms with Gasteiger partial charge in [0.2, 0.25) is 0 Å². The molecule has 0 aliphatic heterocycles. The van der Waals surface area contributed by atoms with Crippen LogP contribution in [0.25, 0.3) is 0 Å². The molecule has 0 saturated heterocycles. The van der Waals surface area contributed by atoms with Crippen molar-refractivity contribution in [2.24, 2.45) is 0 Å². The zero-order chi connectivity index (χ0) is 12.3. The third-order valence-electron chi connectivity index (χ3n) is 2.69. The summed E-state index contributed by atoms with van der Waals surface area (Å²) in [5.41, 5.74) is 3.28. The SMILES string of the molecule is Cc1n[nH]c(C)c1CCNC(=O)c1cccs1. The normalized spacial score (nSPS) is 10.5. The molecule has 1 amide bonds. The number of hydrogen-bond donors (Lipinski definition) is 2. The van der Waals surface area contributed by atoms with Gasteiger partial charge in [-0.15, -0.1) is 11.3 Å². The van der Waals surface area contributed by atoms with E-state index in [4.69, 9.17) is 0 Å². The van der Waals surface area contributed by atoms with Crippen LogP contribution in [0.15, 0.2) is 17.5 Å². The minimum atomic E-state index is -0.00111. The fourth-order valence-electron chi connectivity index (χ4n) is 1.74. The molecule has 0 spiro atoms. The highest BCUT2D eigenvalue weighted by Gasteiger charge is 2.08. The summed E-state index contributed by atoms with van der Waals surface area (Å²) in [4.78, 5) is 12.4. The summed E-state index contributed by atoms with van der Waals surface area (Å²) in [6.07, 6.45) is 0.811. The molecule has 0 atom stereocenters. The van der Waals surface area contributed by atoms with Gasteiger partial charge in [-0.2, -0.15) is 5.10 Å². The number of aromatic amines is 1. The summed E-state index contributed by atoms with van der Waals surface area (Å²) in [7, 11) is 0. The predicted molar refractivity (Wildman–Crippen MR) is 68.4 cm³/mol. The van der Waals surface area contributed by atoms with Crippen molar-refractivity contribution < 1.29 is 4.79 Å². The number of rotatable bonds is 4. The van der Waals surface area contributed by atoms with Crippen molar-refractivity contribution in [3.8, 4) is 0 Å². The number of carbonyl (C=O) groups is 1. The second-order valence-corrected chi connectivity index (χ2v) is 4.84. The number of nitrogens with one attached hydrogen (secondary N) is 2. The Bertz CT molecular complexity index is 482. The molecule has 5 heteroatoms. The van der Waals surface area contributed by atoms with E-state index in [-0.39, 0.29) is 5.91 Å². The van der Waals surface area contributed by atoms with Crippen molar-refractivity contribution in [2.75, 3.05) is 6.54 Å². The van der Waals surface area contributed by atoms with Crippen LogP contribution in [-0.2, 0) is 6.42 Å². The van der Waals surface area contributed by atoms with Crippen LogP contribution in [0.4, 0.5) is 0 Å². The molecule has 2 aromatic heterocycles. The van der Waals surface area contributed by atoms with Gasteiger partial charge in [0, 0.05) is 12.2 Å². The second-order valence-electron chi connectivity index (χ2n) is 3.90. The molecule has 2 rings (SSSR count). The van der Waals surface area contributed by atoms with E-state index in [0.717, 1.165) is 22.7 Å². The lowest BCUT2D eigenvalue weighted by atomic mass is 10.1. The Morgan fingerprint density at radius 1 is 1.53 bits per heavy atom. The Labute approximate surface area is 104 Å². The molecule has 0 unspecified atom stereocenters. The van der Waals surface area contributed by atoms with E-state index in [9.17, 15) is 4.79 Å². The molecule has 0 bridgehead atoms. The van der Waals surface area contributed by atoms with E-state index in [1.807, 2.05) is 31.4 Å². The molecule has 0 fully saturated rings. The van der Waals surface area contributed by atoms with Crippen molar-refractivity contribution in [1.29, 1.82) is 0 Å². The van der Waals surface area contributed by atoms with Crippen LogP contribution in [0.3, 0.4) is 0 Å². The van der Waals surface area contributed by atoms with Gasteiger partial charge in [0.15, 0.2) is 0 Å². The fraction of sp³-hybridized carbons (Fsp3) is 0.333. The van der Waals surface area contributed by atoms with Gasteiger partial charge < -0.3 is 5.32 Å². The predicted octanol–water partition coefficient (Wildman–Crippen LogP) is 2.06. The lowest BCUT2D eigenvalue weighted by Gasteiger charge is -2.03. The standard InChI is InChI=1S/C12H15N3OS/c1-8-10(9(2)15-14-8)5-6-13-12(16)11-4-3-7-17-11/h3-4,7H,5-6H2,1-2H3,(H,13,16)(H,14,15). The molecule has 2 aromatic rings. The fourth-order valence-corrected chi connectivity index (χ4v) is 2.38. The molecule has 0 aliphatic rings. The first-order chi connectivity index (χ1) is 8.18. The van der Waals surface area contributed by atoms with Crippen LogP contribution in [-0.4, -0.2) is 22.6 Å². The lowest BCUT2D eigenvalue weighted by molar-refractivity contribution is 0.0958. The monoisotopic (exact) mass is 249 g/mol. The number of aryl methyl sites for hydroxylation is 2. The Morgan fingerprint density at radius 2 is 2.35 bits per heavy atom. The van der Waals surface area contributed by atoms with Crippen molar-refractivity contribution in [3.05, 3.63) is 39.3 Å². The number of nitrogens with zero attached hydrogens (tertiary/aromatic N) is 1. The molecular weight excluding hydrogens is 234 g/mol. The number of aromatic nitrogens is 2. The maximum Gasteiger partial charge on any atom is 0.261 e. The number of thiophene rings is 1. The van der Waals surface area contributed by atoms with Gasteiger partial charge in [-0.05, 0) is 37.3 Å². The molecule has 2 N–H and O–H groups in total. The van der Waals surface area contributed by atoms with E-state index >= 15 is 0 Å². The lowest BCUT2D eigenvalue weighted by Crippen LogP contribution is -2.25. The summed E-state index contributed by atoms with van der Waals surface area (Å²) in [5.74, 6) is -0.00111. The summed E-state index contributed by atoms with van der Waals surface area (Å²) >= 11 is 1.45. The summed E-state index contributed by atoms with van der Waals surface area (Å²) in [6.45, 7) is 4.61. The molecule has 0 aromatic carbocycles. The Balaban J connectivity index is 1.86. The zero-order valence-corrected chi connectivity index (χ0v) is 10.7. The molecule has 2 heterocycles.